The van der Waals surface area contributed by atoms with E-state index >= 15 is 0 Å². The molecule has 3 aromatic carbocycles. The van der Waals surface area contributed by atoms with Crippen molar-refractivity contribution < 1.29 is 19.4 Å². The molecule has 0 atom stereocenters. The Labute approximate surface area is 198 Å². The second-order valence-electron chi connectivity index (χ2n) is 7.60. The average molecular weight is 471 g/mol. The number of aromatic carboxylic acids is 1. The molecule has 5 aromatic rings. The van der Waals surface area contributed by atoms with Gasteiger partial charge in [0.2, 0.25) is 5.88 Å². The lowest BCUT2D eigenvalue weighted by Crippen LogP contribution is -2.10. The number of hydrogen-bond acceptors (Lipinski definition) is 7. The summed E-state index contributed by atoms with van der Waals surface area (Å²) < 4.78 is 15.5. The van der Waals surface area contributed by atoms with Crippen molar-refractivity contribution in [3.63, 3.8) is 0 Å². The summed E-state index contributed by atoms with van der Waals surface area (Å²) in [5, 5.41) is 14.3. The molecule has 0 fully saturated rings. The Kier molecular flexibility index (Phi) is 5.84. The summed E-state index contributed by atoms with van der Waals surface area (Å²) in [6.07, 6.45) is 0.432. The van der Waals surface area contributed by atoms with Gasteiger partial charge in [0.15, 0.2) is 0 Å². The highest BCUT2D eigenvalue weighted by atomic mass is 32.1. The van der Waals surface area contributed by atoms with Gasteiger partial charge in [0.1, 0.15) is 11.0 Å². The van der Waals surface area contributed by atoms with E-state index in [-0.39, 0.29) is 18.0 Å². The van der Waals surface area contributed by atoms with Crippen LogP contribution in [0.3, 0.4) is 0 Å². The Bertz CT molecular complexity index is 1490. The predicted octanol–water partition coefficient (Wildman–Crippen LogP) is 4.43. The van der Waals surface area contributed by atoms with Crippen molar-refractivity contribution in [3.05, 3.63) is 95.1 Å². The molecular formula is C25H18N4O4S. The molecule has 9 heteroatoms. The smallest absolute Gasteiger partial charge is 0.336 e. The van der Waals surface area contributed by atoms with Crippen molar-refractivity contribution in [2.75, 3.05) is 0 Å². The highest BCUT2D eigenvalue weighted by Gasteiger charge is 2.23. The first-order chi connectivity index (χ1) is 16.6. The molecule has 5 rings (SSSR count). The second kappa shape index (κ2) is 9.24. The van der Waals surface area contributed by atoms with Gasteiger partial charge in [-0.2, -0.15) is 13.8 Å². The van der Waals surface area contributed by atoms with E-state index in [0.717, 1.165) is 33.9 Å². The minimum Gasteiger partial charge on any atom is -0.478 e. The van der Waals surface area contributed by atoms with Crippen LogP contribution in [-0.4, -0.2) is 36.1 Å². The fourth-order valence-corrected chi connectivity index (χ4v) is 4.44. The third-order valence-corrected chi connectivity index (χ3v) is 6.03. The van der Waals surface area contributed by atoms with Crippen LogP contribution < -0.4 is 4.74 Å². The number of aromatic nitrogens is 4. The van der Waals surface area contributed by atoms with Gasteiger partial charge in [0.25, 0.3) is 6.47 Å². The third-order valence-electron chi connectivity index (χ3n) is 5.47. The van der Waals surface area contributed by atoms with Crippen molar-refractivity contribution in [1.82, 2.24) is 18.5 Å². The van der Waals surface area contributed by atoms with Gasteiger partial charge in [0, 0.05) is 17.5 Å². The van der Waals surface area contributed by atoms with Crippen molar-refractivity contribution in [2.45, 2.75) is 13.0 Å². The lowest BCUT2D eigenvalue weighted by atomic mass is 10.0. The summed E-state index contributed by atoms with van der Waals surface area (Å²) in [6.45, 7) is 0.489. The molecule has 0 unspecified atom stereocenters. The molecule has 0 saturated carbocycles. The van der Waals surface area contributed by atoms with E-state index in [1.807, 2.05) is 48.5 Å². The first-order valence-electron chi connectivity index (χ1n) is 10.4. The Balaban J connectivity index is 1.64. The van der Waals surface area contributed by atoms with Crippen LogP contribution in [0.5, 0.6) is 5.88 Å². The maximum absolute atomic E-state index is 11.7. The minimum atomic E-state index is -1.03. The predicted molar refractivity (Wildman–Crippen MR) is 127 cm³/mol. The second-order valence-corrected chi connectivity index (χ2v) is 8.12. The standard InChI is InChI=1S/C25H18N4O4S/c30-15-33-24-20(12-16-10-11-21-22(13-16)28-34-27-21)23(17-6-2-1-3-7-17)26-29(24)14-18-8-4-5-9-19(18)25(31)32/h1-11,13,15H,12,14H2,(H,31,32). The Morgan fingerprint density at radius 3 is 2.56 bits per heavy atom. The number of ether oxygens (including phenoxy) is 1. The van der Waals surface area contributed by atoms with E-state index in [1.54, 1.807) is 18.2 Å². The summed E-state index contributed by atoms with van der Waals surface area (Å²) in [4.78, 5) is 23.2. The SMILES string of the molecule is O=COc1c(Cc2ccc3nsnc3c2)c(-c2ccccc2)nn1Cc1ccccc1C(=O)O. The normalized spacial score (nSPS) is 10.9. The summed E-state index contributed by atoms with van der Waals surface area (Å²) in [5.41, 5.74) is 5.52. The molecule has 0 radical (unpaired) electrons. The first kappa shape index (κ1) is 21.5. The van der Waals surface area contributed by atoms with Gasteiger partial charge in [0.05, 0.1) is 29.5 Å². The molecule has 2 aromatic heterocycles. The number of rotatable bonds is 8. The summed E-state index contributed by atoms with van der Waals surface area (Å²) in [6, 6.07) is 22.1. The molecule has 8 nitrogen and oxygen atoms in total. The zero-order chi connectivity index (χ0) is 23.5. The first-order valence-corrected chi connectivity index (χ1v) is 11.1. The molecule has 0 spiro atoms. The van der Waals surface area contributed by atoms with Gasteiger partial charge in [-0.15, -0.1) is 0 Å². The quantitative estimate of drug-likeness (QED) is 0.334. The largest absolute Gasteiger partial charge is 0.478 e. The number of carboxylic acid groups (broad SMARTS) is 1. The monoisotopic (exact) mass is 470 g/mol. The fraction of sp³-hybridized carbons (Fsp3) is 0.0800. The van der Waals surface area contributed by atoms with Crippen molar-refractivity contribution in [3.8, 4) is 17.1 Å². The van der Waals surface area contributed by atoms with E-state index in [4.69, 9.17) is 9.84 Å². The minimum absolute atomic E-state index is 0.126. The van der Waals surface area contributed by atoms with Gasteiger partial charge in [-0.05, 0) is 29.3 Å². The Morgan fingerprint density at radius 1 is 1.00 bits per heavy atom. The van der Waals surface area contributed by atoms with Crippen LogP contribution in [0, 0.1) is 0 Å². The maximum atomic E-state index is 11.7. The van der Waals surface area contributed by atoms with E-state index in [2.05, 4.69) is 8.75 Å². The maximum Gasteiger partial charge on any atom is 0.336 e. The lowest BCUT2D eigenvalue weighted by molar-refractivity contribution is -0.121. The molecule has 0 saturated heterocycles. The number of hydrogen-bond donors (Lipinski definition) is 1. The third kappa shape index (κ3) is 4.16. The lowest BCUT2D eigenvalue weighted by Gasteiger charge is -2.09. The molecule has 1 N–H and O–H groups in total. The number of carbonyl (C=O) groups excluding carboxylic acids is 1. The van der Waals surface area contributed by atoms with Gasteiger partial charge in [-0.1, -0.05) is 54.6 Å². The van der Waals surface area contributed by atoms with Crippen molar-refractivity contribution in [2.24, 2.45) is 0 Å². The van der Waals surface area contributed by atoms with E-state index in [9.17, 15) is 14.7 Å². The van der Waals surface area contributed by atoms with Gasteiger partial charge >= 0.3 is 5.97 Å². The highest BCUT2D eigenvalue weighted by molar-refractivity contribution is 7.00. The van der Waals surface area contributed by atoms with E-state index in [1.165, 1.54) is 10.7 Å². The van der Waals surface area contributed by atoms with Gasteiger partial charge in [-0.25, -0.2) is 9.48 Å². The van der Waals surface area contributed by atoms with Gasteiger partial charge in [-0.3, -0.25) is 4.79 Å². The van der Waals surface area contributed by atoms with Crippen LogP contribution in [0.1, 0.15) is 27.0 Å². The van der Waals surface area contributed by atoms with Crippen molar-refractivity contribution in [1.29, 1.82) is 0 Å². The van der Waals surface area contributed by atoms with Crippen LogP contribution in [0.25, 0.3) is 22.3 Å². The van der Waals surface area contributed by atoms with E-state index < -0.39 is 5.97 Å². The number of nitrogens with zero attached hydrogens (tertiary/aromatic N) is 4. The molecule has 0 aliphatic carbocycles. The fourth-order valence-electron chi connectivity index (χ4n) is 3.93. The van der Waals surface area contributed by atoms with Crippen LogP contribution in [-0.2, 0) is 17.8 Å². The summed E-state index contributed by atoms with van der Waals surface area (Å²) in [5.74, 6) is -0.764. The van der Waals surface area contributed by atoms with Crippen LogP contribution in [0.4, 0.5) is 0 Å². The number of fused-ring (bicyclic) bond motifs is 1. The highest BCUT2D eigenvalue weighted by Crippen LogP contribution is 2.34. The van der Waals surface area contributed by atoms with Gasteiger partial charge < -0.3 is 9.84 Å². The average Bonchev–Trinajstić information content (AvgIpc) is 3.45. The molecule has 0 aliphatic rings. The molecule has 2 heterocycles. The Morgan fingerprint density at radius 2 is 1.76 bits per heavy atom. The topological polar surface area (TPSA) is 107 Å². The van der Waals surface area contributed by atoms with Crippen LogP contribution in [0.2, 0.25) is 0 Å². The molecule has 0 bridgehead atoms. The van der Waals surface area contributed by atoms with Crippen LogP contribution in [0.15, 0.2) is 72.8 Å². The van der Waals surface area contributed by atoms with Crippen molar-refractivity contribution >= 4 is 35.2 Å². The molecule has 168 valence electrons. The van der Waals surface area contributed by atoms with E-state index in [0.29, 0.717) is 29.7 Å². The summed E-state index contributed by atoms with van der Waals surface area (Å²) >= 11 is 1.15. The van der Waals surface area contributed by atoms with Crippen LogP contribution >= 0.6 is 11.7 Å². The molecule has 0 amide bonds. The Hall–Kier alpha value is -4.37. The zero-order valence-corrected chi connectivity index (χ0v) is 18.6. The molecular weight excluding hydrogens is 452 g/mol. The number of benzene rings is 3. The summed E-state index contributed by atoms with van der Waals surface area (Å²) in [7, 11) is 0. The molecule has 0 aliphatic heterocycles. The molecule has 34 heavy (non-hydrogen) atoms. The number of carboxylic acids is 1. The zero-order valence-electron chi connectivity index (χ0n) is 17.8. The number of carbonyl (C=O) groups is 2.